The molecule has 0 saturated carbocycles. The first-order chi connectivity index (χ1) is 14.4. The van der Waals surface area contributed by atoms with E-state index in [0.717, 1.165) is 15.3 Å². The van der Waals surface area contributed by atoms with E-state index < -0.39 is 0 Å². The number of aryl methyl sites for hydroxylation is 2. The molecule has 6 nitrogen and oxygen atoms in total. The van der Waals surface area contributed by atoms with Crippen molar-refractivity contribution < 1.29 is 4.39 Å². The third kappa shape index (κ3) is 3.59. The number of thiophene rings is 1. The number of aromatic amines is 1. The van der Waals surface area contributed by atoms with Crippen LogP contribution in [-0.2, 0) is 6.54 Å². The molecular formula is C21H20FN5OS2. The monoisotopic (exact) mass is 441 g/mol. The van der Waals surface area contributed by atoms with Crippen LogP contribution >= 0.6 is 23.1 Å². The number of rotatable bonds is 6. The second-order valence-corrected chi connectivity index (χ2v) is 9.37. The number of benzene rings is 1. The maximum absolute atomic E-state index is 14.3. The van der Waals surface area contributed by atoms with Gasteiger partial charge >= 0.3 is 0 Å². The first-order valence-electron chi connectivity index (χ1n) is 9.36. The van der Waals surface area contributed by atoms with Crippen LogP contribution in [0.4, 0.5) is 4.39 Å². The lowest BCUT2D eigenvalue weighted by Gasteiger charge is -2.12. The van der Waals surface area contributed by atoms with E-state index >= 15 is 0 Å². The number of hydrogen-bond acceptors (Lipinski definition) is 6. The molecule has 0 aliphatic heterocycles. The predicted octanol–water partition coefficient (Wildman–Crippen LogP) is 5.04. The summed E-state index contributed by atoms with van der Waals surface area (Å²) in [5, 5.41) is 9.53. The summed E-state index contributed by atoms with van der Waals surface area (Å²) in [6, 6.07) is 6.46. The predicted molar refractivity (Wildman–Crippen MR) is 120 cm³/mol. The van der Waals surface area contributed by atoms with E-state index in [1.807, 2.05) is 25.3 Å². The van der Waals surface area contributed by atoms with E-state index in [4.69, 9.17) is 0 Å². The van der Waals surface area contributed by atoms with E-state index in [2.05, 4.69) is 26.7 Å². The zero-order valence-electron chi connectivity index (χ0n) is 16.8. The Morgan fingerprint density at radius 2 is 2.10 bits per heavy atom. The van der Waals surface area contributed by atoms with Crippen LogP contribution in [0.5, 0.6) is 0 Å². The third-order valence-corrected chi connectivity index (χ3v) is 7.06. The van der Waals surface area contributed by atoms with Crippen molar-refractivity contribution in [2.24, 2.45) is 0 Å². The Hall–Kier alpha value is -2.78. The van der Waals surface area contributed by atoms with Crippen molar-refractivity contribution in [1.82, 2.24) is 24.7 Å². The quantitative estimate of drug-likeness (QED) is 0.335. The summed E-state index contributed by atoms with van der Waals surface area (Å²) >= 11 is 2.92. The van der Waals surface area contributed by atoms with Gasteiger partial charge in [0.05, 0.1) is 16.2 Å². The van der Waals surface area contributed by atoms with Gasteiger partial charge in [0, 0.05) is 11.4 Å². The Kier molecular flexibility index (Phi) is 5.57. The fourth-order valence-electron chi connectivity index (χ4n) is 3.19. The summed E-state index contributed by atoms with van der Waals surface area (Å²) in [5.74, 6) is 0.642. The third-order valence-electron chi connectivity index (χ3n) is 4.87. The molecule has 9 heteroatoms. The molecule has 0 spiro atoms. The number of aromatic nitrogens is 5. The Bertz CT molecular complexity index is 1310. The molecule has 0 fully saturated rings. The van der Waals surface area contributed by atoms with Crippen LogP contribution in [0.25, 0.3) is 21.6 Å². The van der Waals surface area contributed by atoms with Crippen molar-refractivity contribution in [2.45, 2.75) is 37.7 Å². The van der Waals surface area contributed by atoms with Gasteiger partial charge in [-0.05, 0) is 38.5 Å². The highest BCUT2D eigenvalue weighted by Crippen LogP contribution is 2.35. The largest absolute Gasteiger partial charge is 0.309 e. The molecule has 0 aliphatic rings. The highest BCUT2D eigenvalue weighted by Gasteiger charge is 2.21. The summed E-state index contributed by atoms with van der Waals surface area (Å²) in [6.45, 7) is 10.1. The van der Waals surface area contributed by atoms with Crippen molar-refractivity contribution in [2.75, 3.05) is 0 Å². The second-order valence-electron chi connectivity index (χ2n) is 6.86. The summed E-state index contributed by atoms with van der Waals surface area (Å²) in [7, 11) is 0. The van der Waals surface area contributed by atoms with E-state index in [1.165, 1.54) is 29.2 Å². The second kappa shape index (κ2) is 8.16. The number of allylic oxidation sites excluding steroid dienone is 1. The van der Waals surface area contributed by atoms with E-state index in [9.17, 15) is 9.18 Å². The van der Waals surface area contributed by atoms with Crippen molar-refractivity contribution in [3.8, 4) is 11.4 Å². The average Bonchev–Trinajstić information content (AvgIpc) is 3.23. The lowest BCUT2D eigenvalue weighted by Crippen LogP contribution is -2.13. The van der Waals surface area contributed by atoms with Crippen LogP contribution < -0.4 is 5.56 Å². The number of halogens is 1. The molecule has 4 rings (SSSR count). The fourth-order valence-corrected chi connectivity index (χ4v) is 5.14. The van der Waals surface area contributed by atoms with E-state index in [-0.39, 0.29) is 16.6 Å². The Balaban J connectivity index is 1.71. The summed E-state index contributed by atoms with van der Waals surface area (Å²) in [4.78, 5) is 22.0. The topological polar surface area (TPSA) is 76.5 Å². The molecule has 0 saturated heterocycles. The van der Waals surface area contributed by atoms with Crippen molar-refractivity contribution in [3.63, 3.8) is 0 Å². The van der Waals surface area contributed by atoms with Crippen molar-refractivity contribution in [3.05, 3.63) is 69.4 Å². The number of H-pyrrole nitrogens is 1. The summed E-state index contributed by atoms with van der Waals surface area (Å²) in [5.41, 5.74) is 1.21. The molecule has 1 atom stereocenters. The van der Waals surface area contributed by atoms with Crippen LogP contribution in [0, 0.1) is 19.7 Å². The van der Waals surface area contributed by atoms with Gasteiger partial charge in [-0.1, -0.05) is 30.0 Å². The SMILES string of the molecule is C=CCn1c(SC(C)c2nc3sc(C)c(C)c3c(=O)[nH]2)nnc1-c1ccccc1F. The van der Waals surface area contributed by atoms with Gasteiger partial charge in [0.2, 0.25) is 0 Å². The minimum Gasteiger partial charge on any atom is -0.309 e. The Morgan fingerprint density at radius 1 is 1.33 bits per heavy atom. The standard InChI is InChI=1S/C21H20FN5OS2/c1-5-10-27-18(14-8-6-7-9-15(14)22)25-26-21(27)30-13(4)17-23-19(28)16-11(2)12(3)29-20(16)24-17/h5-9,13H,1,10H2,2-4H3,(H,23,24,28). The normalized spacial score (nSPS) is 12.4. The maximum Gasteiger partial charge on any atom is 0.259 e. The Labute approximate surface area is 180 Å². The summed E-state index contributed by atoms with van der Waals surface area (Å²) < 4.78 is 16.1. The Morgan fingerprint density at radius 3 is 2.83 bits per heavy atom. The molecular weight excluding hydrogens is 421 g/mol. The number of nitrogens with zero attached hydrogens (tertiary/aromatic N) is 4. The molecule has 1 unspecified atom stereocenters. The summed E-state index contributed by atoms with van der Waals surface area (Å²) in [6.07, 6.45) is 1.71. The number of hydrogen-bond donors (Lipinski definition) is 1. The molecule has 0 amide bonds. The van der Waals surface area contributed by atoms with Crippen molar-refractivity contribution >= 4 is 33.3 Å². The first kappa shape index (κ1) is 20.5. The molecule has 0 radical (unpaired) electrons. The smallest absolute Gasteiger partial charge is 0.259 e. The van der Waals surface area contributed by atoms with Crippen LogP contribution in [0.3, 0.4) is 0 Å². The van der Waals surface area contributed by atoms with Crippen LogP contribution in [0.1, 0.15) is 28.4 Å². The number of fused-ring (bicyclic) bond motifs is 1. The first-order valence-corrected chi connectivity index (χ1v) is 11.1. The van der Waals surface area contributed by atoms with Gasteiger partial charge in [-0.25, -0.2) is 9.37 Å². The van der Waals surface area contributed by atoms with E-state index in [1.54, 1.807) is 24.3 Å². The zero-order valence-corrected chi connectivity index (χ0v) is 18.4. The molecule has 3 heterocycles. The molecule has 1 aromatic carbocycles. The molecule has 0 bridgehead atoms. The average molecular weight is 442 g/mol. The fraction of sp³-hybridized carbons (Fsp3) is 0.238. The van der Waals surface area contributed by atoms with Crippen LogP contribution in [-0.4, -0.2) is 24.7 Å². The highest BCUT2D eigenvalue weighted by atomic mass is 32.2. The molecule has 4 aromatic rings. The lowest BCUT2D eigenvalue weighted by molar-refractivity contribution is 0.626. The molecule has 30 heavy (non-hydrogen) atoms. The molecule has 3 aromatic heterocycles. The van der Waals surface area contributed by atoms with Crippen molar-refractivity contribution in [1.29, 1.82) is 0 Å². The molecule has 1 N–H and O–H groups in total. The zero-order chi connectivity index (χ0) is 21.4. The number of thioether (sulfide) groups is 1. The van der Waals surface area contributed by atoms with Gasteiger partial charge in [0.15, 0.2) is 11.0 Å². The maximum atomic E-state index is 14.3. The number of nitrogens with one attached hydrogen (secondary N) is 1. The lowest BCUT2D eigenvalue weighted by atomic mass is 10.2. The van der Waals surface area contributed by atoms with Gasteiger partial charge in [-0.2, -0.15) is 0 Å². The van der Waals surface area contributed by atoms with Gasteiger partial charge in [-0.15, -0.1) is 28.1 Å². The van der Waals surface area contributed by atoms with Crippen LogP contribution in [0.2, 0.25) is 0 Å². The molecule has 154 valence electrons. The highest BCUT2D eigenvalue weighted by molar-refractivity contribution is 7.99. The minimum absolute atomic E-state index is 0.135. The van der Waals surface area contributed by atoms with Gasteiger partial charge in [-0.3, -0.25) is 9.36 Å². The van der Waals surface area contributed by atoms with Crippen LogP contribution in [0.15, 0.2) is 46.9 Å². The van der Waals surface area contributed by atoms with E-state index in [0.29, 0.717) is 34.3 Å². The minimum atomic E-state index is -0.361. The van der Waals surface area contributed by atoms with Gasteiger partial charge in [0.1, 0.15) is 16.5 Å². The van der Waals surface area contributed by atoms with Gasteiger partial charge < -0.3 is 4.98 Å². The van der Waals surface area contributed by atoms with Gasteiger partial charge in [0.25, 0.3) is 5.56 Å². The molecule has 0 aliphatic carbocycles.